The van der Waals surface area contributed by atoms with Crippen molar-refractivity contribution in [2.75, 3.05) is 0 Å². The molecule has 112 valence electrons. The van der Waals surface area contributed by atoms with Gasteiger partial charge in [0.05, 0.1) is 6.10 Å². The van der Waals surface area contributed by atoms with Gasteiger partial charge in [-0.1, -0.05) is 24.6 Å². The first kappa shape index (κ1) is 14.8. The molecule has 0 spiro atoms. The third-order valence-electron chi connectivity index (χ3n) is 4.59. The van der Waals surface area contributed by atoms with Crippen LogP contribution in [0, 0.1) is 13.8 Å². The van der Waals surface area contributed by atoms with Crippen LogP contribution in [0.25, 0.3) is 0 Å². The number of aliphatic hydroxyl groups is 1. The van der Waals surface area contributed by atoms with E-state index in [0.29, 0.717) is 0 Å². The van der Waals surface area contributed by atoms with Crippen LogP contribution in [0.1, 0.15) is 57.4 Å². The fourth-order valence-corrected chi connectivity index (χ4v) is 4.35. The molecule has 0 bridgehead atoms. The summed E-state index contributed by atoms with van der Waals surface area (Å²) >= 11 is 1.83. The smallest absolute Gasteiger partial charge is 0.0922 e. The van der Waals surface area contributed by atoms with Crippen molar-refractivity contribution in [1.82, 2.24) is 0 Å². The van der Waals surface area contributed by atoms with Crippen LogP contribution < -0.4 is 0 Å². The predicted molar refractivity (Wildman–Crippen MR) is 90.2 cm³/mol. The molecule has 1 unspecified atom stereocenters. The van der Waals surface area contributed by atoms with Crippen molar-refractivity contribution < 1.29 is 5.11 Å². The van der Waals surface area contributed by atoms with Gasteiger partial charge in [-0.3, -0.25) is 0 Å². The first-order chi connectivity index (χ1) is 10.1. The monoisotopic (exact) mass is 300 g/mol. The van der Waals surface area contributed by atoms with E-state index in [1.54, 1.807) is 0 Å². The molecule has 2 aromatic rings. The molecule has 0 saturated carbocycles. The van der Waals surface area contributed by atoms with E-state index in [2.05, 4.69) is 38.1 Å². The Kier molecular flexibility index (Phi) is 4.46. The summed E-state index contributed by atoms with van der Waals surface area (Å²) < 4.78 is 0. The Morgan fingerprint density at radius 3 is 2.67 bits per heavy atom. The molecule has 0 fully saturated rings. The SMILES string of the molecule is Cc1ccc(CC(O)c2cc3c(s2)CCCCC3)cc1C. The molecule has 1 aliphatic carbocycles. The maximum Gasteiger partial charge on any atom is 0.0922 e. The van der Waals surface area contributed by atoms with Gasteiger partial charge in [0.25, 0.3) is 0 Å². The van der Waals surface area contributed by atoms with E-state index >= 15 is 0 Å². The molecule has 3 rings (SSSR count). The predicted octanol–water partition coefficient (Wildman–Crippen LogP) is 4.91. The summed E-state index contributed by atoms with van der Waals surface area (Å²) in [6, 6.07) is 8.76. The lowest BCUT2D eigenvalue weighted by Crippen LogP contribution is -2.00. The minimum atomic E-state index is -0.357. The fourth-order valence-electron chi connectivity index (χ4n) is 3.11. The van der Waals surface area contributed by atoms with Gasteiger partial charge in [0.15, 0.2) is 0 Å². The summed E-state index contributed by atoms with van der Waals surface area (Å²) in [5.74, 6) is 0. The Balaban J connectivity index is 1.75. The van der Waals surface area contributed by atoms with E-state index in [9.17, 15) is 5.11 Å². The van der Waals surface area contributed by atoms with E-state index in [1.807, 2.05) is 11.3 Å². The number of hydrogen-bond acceptors (Lipinski definition) is 2. The molecule has 0 amide bonds. The van der Waals surface area contributed by atoms with Crippen LogP contribution in [0.4, 0.5) is 0 Å². The zero-order valence-corrected chi connectivity index (χ0v) is 13.8. The Labute approximate surface area is 131 Å². The second-order valence-corrected chi connectivity index (χ2v) is 7.46. The van der Waals surface area contributed by atoms with Crippen molar-refractivity contribution in [3.8, 4) is 0 Å². The van der Waals surface area contributed by atoms with Crippen LogP contribution >= 0.6 is 11.3 Å². The summed E-state index contributed by atoms with van der Waals surface area (Å²) in [5, 5.41) is 10.6. The van der Waals surface area contributed by atoms with Crippen molar-refractivity contribution in [2.45, 2.75) is 58.5 Å². The molecule has 1 aliphatic rings. The second kappa shape index (κ2) is 6.33. The Hall–Kier alpha value is -1.12. The van der Waals surface area contributed by atoms with Crippen LogP contribution in [-0.4, -0.2) is 5.11 Å². The first-order valence-corrected chi connectivity index (χ1v) is 8.81. The topological polar surface area (TPSA) is 20.2 Å². The summed E-state index contributed by atoms with van der Waals surface area (Å²) in [4.78, 5) is 2.67. The number of fused-ring (bicyclic) bond motifs is 1. The maximum absolute atomic E-state index is 10.6. The lowest BCUT2D eigenvalue weighted by molar-refractivity contribution is 0.182. The minimum absolute atomic E-state index is 0.357. The molecule has 1 heterocycles. The molecule has 21 heavy (non-hydrogen) atoms. The van der Waals surface area contributed by atoms with E-state index < -0.39 is 0 Å². The number of aryl methyl sites for hydroxylation is 4. The lowest BCUT2D eigenvalue weighted by Gasteiger charge is -2.10. The summed E-state index contributed by atoms with van der Waals surface area (Å²) in [5.41, 5.74) is 5.35. The molecule has 2 heteroatoms. The fraction of sp³-hybridized carbons (Fsp3) is 0.474. The average Bonchev–Trinajstić information content (AvgIpc) is 2.74. The quantitative estimate of drug-likeness (QED) is 0.799. The molecule has 0 radical (unpaired) electrons. The van der Waals surface area contributed by atoms with Crippen molar-refractivity contribution in [3.63, 3.8) is 0 Å². The highest BCUT2D eigenvalue weighted by molar-refractivity contribution is 7.12. The van der Waals surface area contributed by atoms with Gasteiger partial charge >= 0.3 is 0 Å². The molecule has 0 aliphatic heterocycles. The zero-order valence-electron chi connectivity index (χ0n) is 13.0. The molecular formula is C19H24OS. The van der Waals surface area contributed by atoms with Crippen molar-refractivity contribution in [3.05, 3.63) is 56.3 Å². The molecule has 1 nitrogen and oxygen atoms in total. The number of rotatable bonds is 3. The number of aliphatic hydroxyl groups excluding tert-OH is 1. The lowest BCUT2D eigenvalue weighted by atomic mass is 10.0. The van der Waals surface area contributed by atoms with Crippen molar-refractivity contribution >= 4 is 11.3 Å². The Morgan fingerprint density at radius 1 is 1.05 bits per heavy atom. The highest BCUT2D eigenvalue weighted by Crippen LogP contribution is 2.33. The standard InChI is InChI=1S/C19H24OS/c1-13-8-9-15(10-14(13)2)11-17(20)19-12-16-6-4-3-5-7-18(16)21-19/h8-10,12,17,20H,3-7,11H2,1-2H3. The largest absolute Gasteiger partial charge is 0.387 e. The van der Waals surface area contributed by atoms with Crippen LogP contribution in [0.15, 0.2) is 24.3 Å². The first-order valence-electron chi connectivity index (χ1n) is 7.99. The number of benzene rings is 1. The summed E-state index contributed by atoms with van der Waals surface area (Å²) in [7, 11) is 0. The van der Waals surface area contributed by atoms with E-state index in [-0.39, 0.29) is 6.10 Å². The van der Waals surface area contributed by atoms with Gasteiger partial charge in [0.2, 0.25) is 0 Å². The van der Waals surface area contributed by atoms with E-state index in [0.717, 1.165) is 11.3 Å². The molecule has 1 N–H and O–H groups in total. The van der Waals surface area contributed by atoms with Gasteiger partial charge in [-0.15, -0.1) is 11.3 Å². The van der Waals surface area contributed by atoms with E-state index in [1.165, 1.54) is 59.2 Å². The highest BCUT2D eigenvalue weighted by atomic mass is 32.1. The minimum Gasteiger partial charge on any atom is -0.387 e. The zero-order chi connectivity index (χ0) is 14.8. The third kappa shape index (κ3) is 3.38. The molecule has 0 saturated heterocycles. The second-order valence-electron chi connectivity index (χ2n) is 6.30. The highest BCUT2D eigenvalue weighted by Gasteiger charge is 2.17. The Morgan fingerprint density at radius 2 is 1.86 bits per heavy atom. The molecule has 1 atom stereocenters. The van der Waals surface area contributed by atoms with Crippen molar-refractivity contribution in [1.29, 1.82) is 0 Å². The van der Waals surface area contributed by atoms with Gasteiger partial charge in [0, 0.05) is 16.2 Å². The van der Waals surface area contributed by atoms with Crippen LogP contribution in [0.5, 0.6) is 0 Å². The van der Waals surface area contributed by atoms with E-state index in [4.69, 9.17) is 0 Å². The van der Waals surface area contributed by atoms with Gasteiger partial charge in [-0.25, -0.2) is 0 Å². The normalized spacial score (nSPS) is 16.3. The summed E-state index contributed by atoms with van der Waals surface area (Å²) in [6.07, 6.45) is 6.72. The van der Waals surface area contributed by atoms with Crippen molar-refractivity contribution in [2.24, 2.45) is 0 Å². The third-order valence-corrected chi connectivity index (χ3v) is 5.93. The molecule has 1 aromatic heterocycles. The van der Waals surface area contributed by atoms with Gasteiger partial charge in [-0.05, 0) is 67.9 Å². The van der Waals surface area contributed by atoms with Gasteiger partial charge < -0.3 is 5.11 Å². The molecule has 1 aromatic carbocycles. The van der Waals surface area contributed by atoms with Gasteiger partial charge in [-0.2, -0.15) is 0 Å². The average molecular weight is 300 g/mol. The maximum atomic E-state index is 10.6. The number of thiophene rings is 1. The van der Waals surface area contributed by atoms with Crippen LogP contribution in [0.3, 0.4) is 0 Å². The van der Waals surface area contributed by atoms with Crippen LogP contribution in [-0.2, 0) is 19.3 Å². The summed E-state index contributed by atoms with van der Waals surface area (Å²) in [6.45, 7) is 4.27. The van der Waals surface area contributed by atoms with Crippen LogP contribution in [0.2, 0.25) is 0 Å². The Bertz CT molecular complexity index is 603. The molecular weight excluding hydrogens is 276 g/mol. The van der Waals surface area contributed by atoms with Gasteiger partial charge in [0.1, 0.15) is 0 Å². The number of hydrogen-bond donors (Lipinski definition) is 1.